The summed E-state index contributed by atoms with van der Waals surface area (Å²) < 4.78 is 16.7. The van der Waals surface area contributed by atoms with Crippen molar-refractivity contribution < 1.29 is 14.2 Å². The number of anilines is 1. The fourth-order valence-electron chi connectivity index (χ4n) is 3.49. The first kappa shape index (κ1) is 24.0. The second-order valence-corrected chi connectivity index (χ2v) is 7.50. The summed E-state index contributed by atoms with van der Waals surface area (Å²) in [5.74, 6) is 2.04. The molecule has 0 unspecified atom stereocenters. The molecule has 36 heavy (non-hydrogen) atoms. The molecule has 0 aliphatic rings. The van der Waals surface area contributed by atoms with Crippen LogP contribution in [0.1, 0.15) is 16.7 Å². The summed E-state index contributed by atoms with van der Waals surface area (Å²) >= 11 is 0. The van der Waals surface area contributed by atoms with E-state index in [1.54, 1.807) is 32.6 Å². The minimum atomic E-state index is -0.552. The molecule has 0 atom stereocenters. The maximum Gasteiger partial charge on any atom is 0.270 e. The zero-order valence-corrected chi connectivity index (χ0v) is 19.7. The number of rotatable bonds is 9. The van der Waals surface area contributed by atoms with Crippen molar-refractivity contribution in [2.75, 3.05) is 19.6 Å². The van der Waals surface area contributed by atoms with Crippen LogP contribution in [0.15, 0.2) is 82.7 Å². The van der Waals surface area contributed by atoms with Crippen LogP contribution in [0.3, 0.4) is 0 Å². The molecule has 9 nitrogen and oxygen atoms in total. The van der Waals surface area contributed by atoms with Crippen LogP contribution in [-0.2, 0) is 6.61 Å². The molecule has 0 amide bonds. The topological polar surface area (TPSA) is 122 Å². The van der Waals surface area contributed by atoms with E-state index in [9.17, 15) is 10.1 Å². The van der Waals surface area contributed by atoms with E-state index < -0.39 is 5.56 Å². The van der Waals surface area contributed by atoms with E-state index in [0.29, 0.717) is 22.8 Å². The van der Waals surface area contributed by atoms with Crippen molar-refractivity contribution in [3.8, 4) is 34.6 Å². The van der Waals surface area contributed by atoms with Gasteiger partial charge in [-0.1, -0.05) is 42.5 Å². The van der Waals surface area contributed by atoms with Gasteiger partial charge in [0.15, 0.2) is 11.5 Å². The maximum absolute atomic E-state index is 12.4. The van der Waals surface area contributed by atoms with Gasteiger partial charge in [-0.2, -0.15) is 10.4 Å². The van der Waals surface area contributed by atoms with Gasteiger partial charge in [0.25, 0.3) is 5.56 Å². The SMILES string of the molecule is COc1ccc(C=NNc2nc(-c3ccccc3)c(C#N)c(=O)[nH]2)cc1COc1ccccc1OC. The predicted molar refractivity (Wildman–Crippen MR) is 137 cm³/mol. The van der Waals surface area contributed by atoms with E-state index >= 15 is 0 Å². The number of hydrogen-bond donors (Lipinski definition) is 2. The first-order valence-electron chi connectivity index (χ1n) is 10.9. The third kappa shape index (κ3) is 5.51. The zero-order chi connectivity index (χ0) is 25.3. The van der Waals surface area contributed by atoms with Gasteiger partial charge in [0, 0.05) is 11.1 Å². The smallest absolute Gasteiger partial charge is 0.270 e. The fourth-order valence-corrected chi connectivity index (χ4v) is 3.49. The second kappa shape index (κ2) is 11.4. The number of aromatic nitrogens is 2. The van der Waals surface area contributed by atoms with Crippen LogP contribution in [0, 0.1) is 11.3 Å². The van der Waals surface area contributed by atoms with Crippen LogP contribution in [0.2, 0.25) is 0 Å². The van der Waals surface area contributed by atoms with E-state index in [2.05, 4.69) is 20.5 Å². The number of nitrogens with zero attached hydrogens (tertiary/aromatic N) is 3. The summed E-state index contributed by atoms with van der Waals surface area (Å²) in [7, 11) is 3.18. The van der Waals surface area contributed by atoms with Gasteiger partial charge >= 0.3 is 0 Å². The first-order chi connectivity index (χ1) is 17.6. The Kier molecular flexibility index (Phi) is 7.58. The lowest BCUT2D eigenvalue weighted by Crippen LogP contribution is -2.16. The first-order valence-corrected chi connectivity index (χ1v) is 10.9. The number of benzene rings is 3. The van der Waals surface area contributed by atoms with Crippen molar-refractivity contribution in [2.45, 2.75) is 6.61 Å². The number of hydrazone groups is 1. The minimum absolute atomic E-state index is 0.0643. The van der Waals surface area contributed by atoms with Crippen LogP contribution < -0.4 is 25.2 Å². The maximum atomic E-state index is 12.4. The van der Waals surface area contributed by atoms with Gasteiger partial charge in [-0.15, -0.1) is 0 Å². The third-order valence-electron chi connectivity index (χ3n) is 5.22. The molecular weight excluding hydrogens is 458 g/mol. The number of aromatic amines is 1. The Bertz CT molecular complexity index is 1480. The highest BCUT2D eigenvalue weighted by Gasteiger charge is 2.13. The second-order valence-electron chi connectivity index (χ2n) is 7.50. The van der Waals surface area contributed by atoms with Gasteiger partial charge in [0.1, 0.15) is 24.0 Å². The van der Waals surface area contributed by atoms with Crippen molar-refractivity contribution in [1.29, 1.82) is 5.26 Å². The molecule has 9 heteroatoms. The number of nitrogens with one attached hydrogen (secondary N) is 2. The van der Waals surface area contributed by atoms with E-state index in [4.69, 9.17) is 14.2 Å². The summed E-state index contributed by atoms with van der Waals surface area (Å²) in [6, 6.07) is 23.9. The molecule has 0 bridgehead atoms. The van der Waals surface area contributed by atoms with Gasteiger partial charge in [0.05, 0.1) is 26.1 Å². The molecule has 0 aliphatic heterocycles. The number of H-pyrrole nitrogens is 1. The van der Waals surface area contributed by atoms with Crippen LogP contribution in [0.5, 0.6) is 17.2 Å². The Hall–Kier alpha value is -5.10. The molecule has 1 aromatic heterocycles. The molecule has 4 rings (SSSR count). The van der Waals surface area contributed by atoms with Gasteiger partial charge in [0.2, 0.25) is 5.95 Å². The number of methoxy groups -OCH3 is 2. The predicted octanol–water partition coefficient (Wildman–Crippen LogP) is 4.35. The van der Waals surface area contributed by atoms with Crippen LogP contribution in [0.25, 0.3) is 11.3 Å². The molecule has 0 radical (unpaired) electrons. The van der Waals surface area contributed by atoms with E-state index in [0.717, 1.165) is 11.1 Å². The lowest BCUT2D eigenvalue weighted by Gasteiger charge is -2.13. The summed E-state index contributed by atoms with van der Waals surface area (Å²) in [5, 5.41) is 13.6. The highest BCUT2D eigenvalue weighted by molar-refractivity contribution is 5.81. The summed E-state index contributed by atoms with van der Waals surface area (Å²) in [6.45, 7) is 0.254. The van der Waals surface area contributed by atoms with Gasteiger partial charge in [-0.3, -0.25) is 9.78 Å². The van der Waals surface area contributed by atoms with E-state index in [1.165, 1.54) is 0 Å². The van der Waals surface area contributed by atoms with Crippen molar-refractivity contribution in [3.05, 3.63) is 99.8 Å². The van der Waals surface area contributed by atoms with Crippen molar-refractivity contribution in [3.63, 3.8) is 0 Å². The molecule has 2 N–H and O–H groups in total. The number of nitriles is 1. The van der Waals surface area contributed by atoms with E-state index in [-0.39, 0.29) is 23.8 Å². The Morgan fingerprint density at radius 3 is 2.44 bits per heavy atom. The monoisotopic (exact) mass is 481 g/mol. The van der Waals surface area contributed by atoms with Gasteiger partial charge in [-0.25, -0.2) is 10.4 Å². The van der Waals surface area contributed by atoms with Crippen molar-refractivity contribution in [2.24, 2.45) is 5.10 Å². The largest absolute Gasteiger partial charge is 0.496 e. The quantitative estimate of drug-likeness (QED) is 0.269. The molecule has 180 valence electrons. The van der Waals surface area contributed by atoms with Crippen LogP contribution >= 0.6 is 0 Å². The van der Waals surface area contributed by atoms with E-state index in [1.807, 2.05) is 66.7 Å². The Morgan fingerprint density at radius 2 is 1.72 bits per heavy atom. The van der Waals surface area contributed by atoms with Gasteiger partial charge < -0.3 is 14.2 Å². The molecule has 4 aromatic rings. The molecule has 0 spiro atoms. The zero-order valence-electron chi connectivity index (χ0n) is 19.7. The molecule has 3 aromatic carbocycles. The lowest BCUT2D eigenvalue weighted by molar-refractivity contribution is 0.278. The number of para-hydroxylation sites is 2. The summed E-state index contributed by atoms with van der Waals surface area (Å²) in [5.41, 5.74) is 4.62. The fraction of sp³-hybridized carbons (Fsp3) is 0.111. The third-order valence-corrected chi connectivity index (χ3v) is 5.22. The van der Waals surface area contributed by atoms with Crippen LogP contribution in [0.4, 0.5) is 5.95 Å². The Balaban J connectivity index is 1.53. The van der Waals surface area contributed by atoms with Crippen molar-refractivity contribution >= 4 is 12.2 Å². The molecule has 0 aliphatic carbocycles. The average Bonchev–Trinajstić information content (AvgIpc) is 2.92. The molecule has 1 heterocycles. The molecule has 0 fully saturated rings. The lowest BCUT2D eigenvalue weighted by atomic mass is 10.1. The standard InChI is InChI=1S/C27H23N5O4/c1-34-22-13-12-18(14-20(22)17-36-24-11-7-6-10-23(24)35-2)16-29-32-27-30-25(19-8-4-3-5-9-19)21(15-28)26(33)31-27/h3-14,16H,17H2,1-2H3,(H2,30,31,32,33). The highest BCUT2D eigenvalue weighted by atomic mass is 16.5. The Labute approximate surface area is 207 Å². The number of ether oxygens (including phenoxy) is 3. The van der Waals surface area contributed by atoms with Gasteiger partial charge in [-0.05, 0) is 35.9 Å². The summed E-state index contributed by atoms with van der Waals surface area (Å²) in [4.78, 5) is 19.3. The average molecular weight is 482 g/mol. The highest BCUT2D eigenvalue weighted by Crippen LogP contribution is 2.28. The Morgan fingerprint density at radius 1 is 1.00 bits per heavy atom. The molecule has 0 saturated carbocycles. The minimum Gasteiger partial charge on any atom is -0.496 e. The molecular formula is C27H23N5O4. The van der Waals surface area contributed by atoms with Crippen molar-refractivity contribution in [1.82, 2.24) is 9.97 Å². The van der Waals surface area contributed by atoms with Crippen LogP contribution in [-0.4, -0.2) is 30.4 Å². The normalized spacial score (nSPS) is 10.6. The number of hydrogen-bond acceptors (Lipinski definition) is 8. The molecule has 0 saturated heterocycles. The summed E-state index contributed by atoms with van der Waals surface area (Å²) in [6.07, 6.45) is 1.58.